The second-order valence-corrected chi connectivity index (χ2v) is 4.34. The van der Waals surface area contributed by atoms with Crippen LogP contribution in [0.4, 0.5) is 5.69 Å². The molecule has 0 aromatic heterocycles. The van der Waals surface area contributed by atoms with E-state index in [9.17, 15) is 5.11 Å². The highest BCUT2D eigenvalue weighted by Gasteiger charge is 2.29. The Kier molecular flexibility index (Phi) is 3.34. The highest BCUT2D eigenvalue weighted by Crippen LogP contribution is 2.42. The molecule has 3 nitrogen and oxygen atoms in total. The van der Waals surface area contributed by atoms with Gasteiger partial charge < -0.3 is 15.3 Å². The molecule has 1 aliphatic rings. The normalized spacial score (nSPS) is 18.9. The van der Waals surface area contributed by atoms with E-state index >= 15 is 0 Å². The van der Waals surface area contributed by atoms with Gasteiger partial charge in [0.15, 0.2) is 0 Å². The Balaban J connectivity index is 2.28. The lowest BCUT2D eigenvalue weighted by atomic mass is 9.97. The summed E-state index contributed by atoms with van der Waals surface area (Å²) in [5.74, 6) is 0.915. The van der Waals surface area contributed by atoms with Gasteiger partial charge in [0.2, 0.25) is 0 Å². The first kappa shape index (κ1) is 11.3. The summed E-state index contributed by atoms with van der Waals surface area (Å²) < 4.78 is 0. The molecule has 0 bridgehead atoms. The molecule has 0 fully saturated rings. The Labute approximate surface area is 97.1 Å². The SMILES string of the molecule is CCN1CC(CCNC)c2c(O)cccc21. The molecule has 1 atom stereocenters. The molecule has 88 valence electrons. The highest BCUT2D eigenvalue weighted by atomic mass is 16.3. The van der Waals surface area contributed by atoms with Crippen LogP contribution in [0.15, 0.2) is 18.2 Å². The van der Waals surface area contributed by atoms with E-state index in [1.165, 1.54) is 5.69 Å². The van der Waals surface area contributed by atoms with Crippen LogP contribution in [0.1, 0.15) is 24.8 Å². The van der Waals surface area contributed by atoms with E-state index in [1.807, 2.05) is 13.1 Å². The third kappa shape index (κ3) is 1.87. The molecule has 3 heteroatoms. The number of fused-ring (bicyclic) bond motifs is 1. The lowest BCUT2D eigenvalue weighted by molar-refractivity contribution is 0.461. The van der Waals surface area contributed by atoms with Gasteiger partial charge in [0, 0.05) is 30.3 Å². The molecule has 1 unspecified atom stereocenters. The lowest BCUT2D eigenvalue weighted by Gasteiger charge is -2.16. The molecular formula is C13H20N2O. The van der Waals surface area contributed by atoms with Crippen LogP contribution < -0.4 is 10.2 Å². The first-order valence-electron chi connectivity index (χ1n) is 5.99. The van der Waals surface area contributed by atoms with Gasteiger partial charge in [0.1, 0.15) is 5.75 Å². The molecule has 0 saturated heterocycles. The van der Waals surface area contributed by atoms with Gasteiger partial charge in [-0.25, -0.2) is 0 Å². The zero-order chi connectivity index (χ0) is 11.5. The number of hydrogen-bond donors (Lipinski definition) is 2. The number of benzene rings is 1. The van der Waals surface area contributed by atoms with E-state index < -0.39 is 0 Å². The minimum atomic E-state index is 0.453. The van der Waals surface area contributed by atoms with E-state index in [0.29, 0.717) is 11.7 Å². The molecule has 0 aliphatic carbocycles. The summed E-state index contributed by atoms with van der Waals surface area (Å²) in [5.41, 5.74) is 2.35. The number of likely N-dealkylation sites (N-methyl/N-ethyl adjacent to an activating group) is 1. The van der Waals surface area contributed by atoms with Gasteiger partial charge in [-0.1, -0.05) is 6.07 Å². The summed E-state index contributed by atoms with van der Waals surface area (Å²) in [6, 6.07) is 5.83. The molecule has 0 spiro atoms. The van der Waals surface area contributed by atoms with Crippen molar-refractivity contribution >= 4 is 5.69 Å². The summed E-state index contributed by atoms with van der Waals surface area (Å²) in [7, 11) is 1.97. The summed E-state index contributed by atoms with van der Waals surface area (Å²) in [5, 5.41) is 13.1. The van der Waals surface area contributed by atoms with Crippen molar-refractivity contribution < 1.29 is 5.11 Å². The number of hydrogen-bond acceptors (Lipinski definition) is 3. The van der Waals surface area contributed by atoms with Crippen LogP contribution >= 0.6 is 0 Å². The Morgan fingerprint density at radius 1 is 1.50 bits per heavy atom. The fourth-order valence-corrected chi connectivity index (χ4v) is 2.54. The number of rotatable bonds is 4. The minimum absolute atomic E-state index is 0.453. The van der Waals surface area contributed by atoms with Gasteiger partial charge in [-0.3, -0.25) is 0 Å². The summed E-state index contributed by atoms with van der Waals surface area (Å²) in [6.07, 6.45) is 1.08. The Morgan fingerprint density at radius 3 is 3.00 bits per heavy atom. The highest BCUT2D eigenvalue weighted by molar-refractivity contribution is 5.64. The van der Waals surface area contributed by atoms with E-state index in [1.54, 1.807) is 6.07 Å². The van der Waals surface area contributed by atoms with Gasteiger partial charge in [-0.05, 0) is 39.1 Å². The van der Waals surface area contributed by atoms with Crippen molar-refractivity contribution in [2.24, 2.45) is 0 Å². The number of nitrogens with zero attached hydrogens (tertiary/aromatic N) is 1. The third-order valence-electron chi connectivity index (χ3n) is 3.37. The van der Waals surface area contributed by atoms with Crippen LogP contribution in [0, 0.1) is 0 Å². The van der Waals surface area contributed by atoms with Crippen LogP contribution in [-0.2, 0) is 0 Å². The maximum absolute atomic E-state index is 9.97. The number of nitrogens with one attached hydrogen (secondary N) is 1. The van der Waals surface area contributed by atoms with Crippen LogP contribution in [0.2, 0.25) is 0 Å². The van der Waals surface area contributed by atoms with E-state index in [-0.39, 0.29) is 0 Å². The van der Waals surface area contributed by atoms with Crippen molar-refractivity contribution in [2.45, 2.75) is 19.3 Å². The molecule has 2 rings (SSSR count). The fourth-order valence-electron chi connectivity index (χ4n) is 2.54. The molecule has 0 radical (unpaired) electrons. The van der Waals surface area contributed by atoms with Crippen LogP contribution in [-0.4, -0.2) is 31.8 Å². The van der Waals surface area contributed by atoms with Gasteiger partial charge in [0.05, 0.1) is 0 Å². The van der Waals surface area contributed by atoms with Crippen LogP contribution in [0.3, 0.4) is 0 Å². The van der Waals surface area contributed by atoms with Crippen molar-refractivity contribution in [3.8, 4) is 5.75 Å². The molecular weight excluding hydrogens is 200 g/mol. The van der Waals surface area contributed by atoms with Crippen LogP contribution in [0.25, 0.3) is 0 Å². The van der Waals surface area contributed by atoms with Crippen molar-refractivity contribution in [3.63, 3.8) is 0 Å². The topological polar surface area (TPSA) is 35.5 Å². The number of anilines is 1. The maximum Gasteiger partial charge on any atom is 0.121 e. The second kappa shape index (κ2) is 4.74. The lowest BCUT2D eigenvalue weighted by Crippen LogP contribution is -2.22. The van der Waals surface area contributed by atoms with Gasteiger partial charge in [-0.15, -0.1) is 0 Å². The second-order valence-electron chi connectivity index (χ2n) is 4.34. The van der Waals surface area contributed by atoms with Crippen molar-refractivity contribution in [1.82, 2.24) is 5.32 Å². The molecule has 1 heterocycles. The smallest absolute Gasteiger partial charge is 0.121 e. The predicted octanol–water partition coefficient (Wildman–Crippen LogP) is 1.93. The molecule has 0 amide bonds. The third-order valence-corrected chi connectivity index (χ3v) is 3.37. The standard InChI is InChI=1S/C13H20N2O/c1-3-15-9-10(7-8-14-2)13-11(15)5-4-6-12(13)16/h4-6,10,14,16H,3,7-9H2,1-2H3. The first-order chi connectivity index (χ1) is 7.77. The van der Waals surface area contributed by atoms with E-state index in [0.717, 1.165) is 31.6 Å². The quantitative estimate of drug-likeness (QED) is 0.814. The summed E-state index contributed by atoms with van der Waals surface area (Å²) in [4.78, 5) is 2.34. The number of phenolic OH excluding ortho intramolecular Hbond substituents is 1. The minimum Gasteiger partial charge on any atom is -0.508 e. The van der Waals surface area contributed by atoms with Crippen molar-refractivity contribution in [1.29, 1.82) is 0 Å². The Bertz CT molecular complexity index is 365. The number of aromatic hydroxyl groups is 1. The molecule has 1 aromatic carbocycles. The van der Waals surface area contributed by atoms with Crippen LogP contribution in [0.5, 0.6) is 5.75 Å². The average molecular weight is 220 g/mol. The molecule has 1 aliphatic heterocycles. The predicted molar refractivity (Wildman–Crippen MR) is 67.3 cm³/mol. The number of phenols is 1. The molecule has 2 N–H and O–H groups in total. The summed E-state index contributed by atoms with van der Waals surface area (Å²) >= 11 is 0. The zero-order valence-electron chi connectivity index (χ0n) is 10.0. The molecule has 1 aromatic rings. The summed E-state index contributed by atoms with van der Waals surface area (Å²) in [6.45, 7) is 5.20. The Morgan fingerprint density at radius 2 is 2.31 bits per heavy atom. The first-order valence-corrected chi connectivity index (χ1v) is 5.99. The fraction of sp³-hybridized carbons (Fsp3) is 0.538. The van der Waals surface area contributed by atoms with E-state index in [2.05, 4.69) is 23.2 Å². The average Bonchev–Trinajstić information content (AvgIpc) is 2.66. The van der Waals surface area contributed by atoms with Gasteiger partial charge in [0.25, 0.3) is 0 Å². The zero-order valence-corrected chi connectivity index (χ0v) is 10.0. The van der Waals surface area contributed by atoms with Gasteiger partial charge >= 0.3 is 0 Å². The van der Waals surface area contributed by atoms with Crippen molar-refractivity contribution in [3.05, 3.63) is 23.8 Å². The van der Waals surface area contributed by atoms with Crippen molar-refractivity contribution in [2.75, 3.05) is 31.6 Å². The Hall–Kier alpha value is -1.22. The largest absolute Gasteiger partial charge is 0.508 e. The molecule has 16 heavy (non-hydrogen) atoms. The van der Waals surface area contributed by atoms with Gasteiger partial charge in [-0.2, -0.15) is 0 Å². The maximum atomic E-state index is 9.97. The molecule has 0 saturated carbocycles. The monoisotopic (exact) mass is 220 g/mol. The van der Waals surface area contributed by atoms with E-state index in [4.69, 9.17) is 0 Å².